The second-order valence-electron chi connectivity index (χ2n) is 5.36. The molecule has 0 unspecified atom stereocenters. The molecule has 0 aromatic heterocycles. The summed E-state index contributed by atoms with van der Waals surface area (Å²) in [7, 11) is 0. The fraction of sp³-hybridized carbons (Fsp3) is 0.222. The summed E-state index contributed by atoms with van der Waals surface area (Å²) in [4.78, 5) is 24.1. The van der Waals surface area contributed by atoms with Crippen molar-refractivity contribution >= 4 is 40.8 Å². The summed E-state index contributed by atoms with van der Waals surface area (Å²) in [5, 5.41) is 3.46. The minimum atomic E-state index is -0.930. The van der Waals surface area contributed by atoms with Crippen LogP contribution in [-0.4, -0.2) is 18.0 Å². The molecule has 0 aliphatic rings. The van der Waals surface area contributed by atoms with Crippen molar-refractivity contribution in [1.29, 1.82) is 0 Å². The van der Waals surface area contributed by atoms with E-state index in [-0.39, 0.29) is 6.42 Å². The van der Waals surface area contributed by atoms with Gasteiger partial charge < -0.3 is 10.1 Å². The van der Waals surface area contributed by atoms with Gasteiger partial charge in [0.05, 0.1) is 6.42 Å². The molecule has 0 aliphatic heterocycles. The number of hydrogen-bond acceptors (Lipinski definition) is 3. The predicted molar refractivity (Wildman–Crippen MR) is 95.5 cm³/mol. The van der Waals surface area contributed by atoms with Crippen molar-refractivity contribution in [2.24, 2.45) is 0 Å². The summed E-state index contributed by atoms with van der Waals surface area (Å²) < 4.78 is 5.15. The number of ether oxygens (including phenoxy) is 1. The number of carbonyl (C=O) groups is 2. The molecular weight excluding hydrogens is 349 g/mol. The van der Waals surface area contributed by atoms with Crippen LogP contribution in [-0.2, 0) is 20.7 Å². The average molecular weight is 366 g/mol. The zero-order valence-corrected chi connectivity index (χ0v) is 14.8. The number of halogens is 2. The van der Waals surface area contributed by atoms with Gasteiger partial charge in [0.25, 0.3) is 5.91 Å². The minimum Gasteiger partial charge on any atom is -0.452 e. The number of anilines is 1. The van der Waals surface area contributed by atoms with Crippen LogP contribution in [0.3, 0.4) is 0 Å². The lowest BCUT2D eigenvalue weighted by Gasteiger charge is -2.14. The van der Waals surface area contributed by atoms with Crippen molar-refractivity contribution < 1.29 is 14.3 Å². The van der Waals surface area contributed by atoms with Crippen molar-refractivity contribution in [3.8, 4) is 0 Å². The second kappa shape index (κ2) is 8.18. The molecular formula is C18H17Cl2NO3. The van der Waals surface area contributed by atoms with Crippen molar-refractivity contribution in [2.45, 2.75) is 26.4 Å². The zero-order valence-electron chi connectivity index (χ0n) is 13.3. The molecule has 2 aromatic carbocycles. The van der Waals surface area contributed by atoms with E-state index in [1.807, 2.05) is 19.1 Å². The lowest BCUT2D eigenvalue weighted by molar-refractivity contribution is -0.152. The summed E-state index contributed by atoms with van der Waals surface area (Å²) in [6.45, 7) is 3.46. The standard InChI is InChI=1S/C18H17Cl2NO3/c1-11-6-8-13(9-7-11)21-18(23)12(2)24-17(22)10-14-15(19)4-3-5-16(14)20/h3-9,12H,10H2,1-2H3,(H,21,23)/t12-/m0/s1. The first kappa shape index (κ1) is 18.3. The molecule has 0 fully saturated rings. The molecule has 1 N–H and O–H groups in total. The van der Waals surface area contributed by atoms with Crippen LogP contribution in [0.2, 0.25) is 10.0 Å². The molecule has 2 aromatic rings. The van der Waals surface area contributed by atoms with Gasteiger partial charge in [-0.1, -0.05) is 47.0 Å². The molecule has 0 bridgehead atoms. The van der Waals surface area contributed by atoms with Gasteiger partial charge in [0.1, 0.15) is 0 Å². The molecule has 4 nitrogen and oxygen atoms in total. The van der Waals surface area contributed by atoms with Gasteiger partial charge in [-0.2, -0.15) is 0 Å². The maximum absolute atomic E-state index is 12.1. The molecule has 1 atom stereocenters. The van der Waals surface area contributed by atoms with Crippen molar-refractivity contribution in [3.63, 3.8) is 0 Å². The van der Waals surface area contributed by atoms with Crippen LogP contribution in [0.1, 0.15) is 18.1 Å². The van der Waals surface area contributed by atoms with E-state index >= 15 is 0 Å². The van der Waals surface area contributed by atoms with Gasteiger partial charge in [0, 0.05) is 21.3 Å². The number of amides is 1. The average Bonchev–Trinajstić information content (AvgIpc) is 2.53. The van der Waals surface area contributed by atoms with Crippen LogP contribution >= 0.6 is 23.2 Å². The first-order chi connectivity index (χ1) is 11.4. The second-order valence-corrected chi connectivity index (χ2v) is 6.18. The lowest BCUT2D eigenvalue weighted by atomic mass is 10.1. The van der Waals surface area contributed by atoms with E-state index in [1.54, 1.807) is 30.3 Å². The normalized spacial score (nSPS) is 11.7. The molecule has 0 saturated carbocycles. The number of hydrogen-bond donors (Lipinski definition) is 1. The quantitative estimate of drug-likeness (QED) is 0.798. The Kier molecular flexibility index (Phi) is 6.23. The van der Waals surface area contributed by atoms with Crippen molar-refractivity contribution in [2.75, 3.05) is 5.32 Å². The number of carbonyl (C=O) groups excluding carboxylic acids is 2. The lowest BCUT2D eigenvalue weighted by Crippen LogP contribution is -2.30. The third-order valence-corrected chi connectivity index (χ3v) is 4.09. The molecule has 1 amide bonds. The van der Waals surface area contributed by atoms with E-state index in [4.69, 9.17) is 27.9 Å². The molecule has 0 aliphatic carbocycles. The number of nitrogens with one attached hydrogen (secondary N) is 1. The fourth-order valence-electron chi connectivity index (χ4n) is 2.02. The summed E-state index contributed by atoms with van der Waals surface area (Å²) in [6.07, 6.45) is -1.03. The summed E-state index contributed by atoms with van der Waals surface area (Å²) in [5.74, 6) is -0.978. The van der Waals surface area contributed by atoms with E-state index in [2.05, 4.69) is 5.32 Å². The van der Waals surface area contributed by atoms with E-state index in [0.717, 1.165) is 5.56 Å². The number of aryl methyl sites for hydroxylation is 1. The third-order valence-electron chi connectivity index (χ3n) is 3.38. The molecule has 24 heavy (non-hydrogen) atoms. The van der Waals surface area contributed by atoms with Gasteiger partial charge in [0.2, 0.25) is 0 Å². The van der Waals surface area contributed by atoms with Crippen molar-refractivity contribution in [3.05, 3.63) is 63.6 Å². The largest absolute Gasteiger partial charge is 0.452 e. The Morgan fingerprint density at radius 1 is 1.08 bits per heavy atom. The van der Waals surface area contributed by atoms with E-state index in [9.17, 15) is 9.59 Å². The Labute approximate surface area is 150 Å². The summed E-state index contributed by atoms with van der Waals surface area (Å²) in [6, 6.07) is 12.3. The maximum Gasteiger partial charge on any atom is 0.311 e. The van der Waals surface area contributed by atoms with E-state index in [0.29, 0.717) is 21.3 Å². The van der Waals surface area contributed by atoms with Crippen LogP contribution in [0, 0.1) is 6.92 Å². The number of rotatable bonds is 5. The summed E-state index contributed by atoms with van der Waals surface area (Å²) >= 11 is 12.0. The van der Waals surface area contributed by atoms with Gasteiger partial charge in [-0.15, -0.1) is 0 Å². The van der Waals surface area contributed by atoms with Crippen LogP contribution in [0.25, 0.3) is 0 Å². The highest BCUT2D eigenvalue weighted by molar-refractivity contribution is 6.36. The van der Waals surface area contributed by atoms with Gasteiger partial charge >= 0.3 is 5.97 Å². The molecule has 0 radical (unpaired) electrons. The van der Waals surface area contributed by atoms with Gasteiger partial charge in [-0.05, 0) is 38.1 Å². The van der Waals surface area contributed by atoms with Crippen LogP contribution < -0.4 is 5.32 Å². The highest BCUT2D eigenvalue weighted by Gasteiger charge is 2.19. The van der Waals surface area contributed by atoms with Gasteiger partial charge in [0.15, 0.2) is 6.10 Å². The molecule has 6 heteroatoms. The number of esters is 1. The highest BCUT2D eigenvalue weighted by Crippen LogP contribution is 2.25. The van der Waals surface area contributed by atoms with Crippen LogP contribution in [0.5, 0.6) is 0 Å². The topological polar surface area (TPSA) is 55.4 Å². The molecule has 0 saturated heterocycles. The molecule has 0 heterocycles. The van der Waals surface area contributed by atoms with Crippen LogP contribution in [0.15, 0.2) is 42.5 Å². The Hall–Kier alpha value is -2.04. The molecule has 2 rings (SSSR count). The smallest absolute Gasteiger partial charge is 0.311 e. The SMILES string of the molecule is Cc1ccc(NC(=O)[C@H](C)OC(=O)Cc2c(Cl)cccc2Cl)cc1. The van der Waals surface area contributed by atoms with Gasteiger partial charge in [-0.3, -0.25) is 9.59 Å². The maximum atomic E-state index is 12.1. The monoisotopic (exact) mass is 365 g/mol. The highest BCUT2D eigenvalue weighted by atomic mass is 35.5. The van der Waals surface area contributed by atoms with Gasteiger partial charge in [-0.25, -0.2) is 0 Å². The Morgan fingerprint density at radius 3 is 2.25 bits per heavy atom. The summed E-state index contributed by atoms with van der Waals surface area (Å²) in [5.41, 5.74) is 2.21. The van der Waals surface area contributed by atoms with Crippen molar-refractivity contribution in [1.82, 2.24) is 0 Å². The third kappa shape index (κ3) is 4.98. The number of benzene rings is 2. The molecule has 126 valence electrons. The fourth-order valence-corrected chi connectivity index (χ4v) is 2.55. The van der Waals surface area contributed by atoms with Crippen LogP contribution in [0.4, 0.5) is 5.69 Å². The Morgan fingerprint density at radius 2 is 1.67 bits per heavy atom. The molecule has 0 spiro atoms. The predicted octanol–water partition coefficient (Wildman–Crippen LogP) is 4.41. The first-order valence-electron chi connectivity index (χ1n) is 7.36. The minimum absolute atomic E-state index is 0.0966. The van der Waals surface area contributed by atoms with E-state index in [1.165, 1.54) is 6.92 Å². The zero-order chi connectivity index (χ0) is 17.7. The first-order valence-corrected chi connectivity index (χ1v) is 8.12. The van der Waals surface area contributed by atoms with E-state index < -0.39 is 18.0 Å². The Balaban J connectivity index is 1.93. The Bertz CT molecular complexity index is 724.